The monoisotopic (exact) mass is 369 g/mol. The lowest BCUT2D eigenvalue weighted by molar-refractivity contribution is -0.116. The van der Waals surface area contributed by atoms with Crippen LogP contribution < -0.4 is 5.32 Å². The van der Waals surface area contributed by atoms with Crippen molar-refractivity contribution in [2.45, 2.75) is 12.3 Å². The number of carbonyl (C=O) groups excluding carboxylic acids is 1. The molecule has 138 valence electrons. The number of pyridine rings is 1. The van der Waals surface area contributed by atoms with E-state index in [1.807, 2.05) is 42.5 Å². The van der Waals surface area contributed by atoms with E-state index in [2.05, 4.69) is 44.6 Å². The van der Waals surface area contributed by atoms with Crippen LogP contribution in [0.2, 0.25) is 0 Å². The van der Waals surface area contributed by atoms with E-state index < -0.39 is 0 Å². The number of carbonyl (C=O) groups is 1. The Hall–Kier alpha value is -3.80. The molecule has 4 rings (SSSR count). The minimum atomic E-state index is -0.0620. The first kappa shape index (κ1) is 17.6. The summed E-state index contributed by atoms with van der Waals surface area (Å²) in [5.41, 5.74) is 2.88. The number of benzene rings is 2. The number of anilines is 1. The predicted octanol–water partition coefficient (Wildman–Crippen LogP) is 3.82. The van der Waals surface area contributed by atoms with Crippen molar-refractivity contribution >= 4 is 11.6 Å². The van der Waals surface area contributed by atoms with Crippen molar-refractivity contribution < 1.29 is 4.79 Å². The molecular weight excluding hydrogens is 350 g/mol. The minimum Gasteiger partial charge on any atom is -0.325 e. The fraction of sp³-hybridized carbons (Fsp3) is 0.0909. The summed E-state index contributed by atoms with van der Waals surface area (Å²) in [6.07, 6.45) is 4.99. The molecule has 0 radical (unpaired) electrons. The van der Waals surface area contributed by atoms with Gasteiger partial charge in [0.05, 0.1) is 11.9 Å². The first-order valence-corrected chi connectivity index (χ1v) is 9.00. The van der Waals surface area contributed by atoms with Gasteiger partial charge in [-0.05, 0) is 23.3 Å². The van der Waals surface area contributed by atoms with Gasteiger partial charge in [0.15, 0.2) is 5.82 Å². The van der Waals surface area contributed by atoms with Gasteiger partial charge in [0.2, 0.25) is 5.91 Å². The Bertz CT molecular complexity index is 976. The SMILES string of the molecule is O=C(CC(c1ccccc1)c1ccccc1)Nc1ccc(-n2cncn2)nc1. The highest BCUT2D eigenvalue weighted by molar-refractivity contribution is 5.91. The van der Waals surface area contributed by atoms with E-state index in [4.69, 9.17) is 0 Å². The van der Waals surface area contributed by atoms with Gasteiger partial charge in [-0.3, -0.25) is 4.79 Å². The van der Waals surface area contributed by atoms with Crippen molar-refractivity contribution in [3.63, 3.8) is 0 Å². The Morgan fingerprint density at radius 2 is 1.61 bits per heavy atom. The van der Waals surface area contributed by atoms with Crippen LogP contribution in [0.25, 0.3) is 5.82 Å². The maximum Gasteiger partial charge on any atom is 0.225 e. The highest BCUT2D eigenvalue weighted by atomic mass is 16.1. The van der Waals surface area contributed by atoms with Crippen LogP contribution in [0.4, 0.5) is 5.69 Å². The van der Waals surface area contributed by atoms with Gasteiger partial charge in [0, 0.05) is 12.3 Å². The van der Waals surface area contributed by atoms with Gasteiger partial charge in [0.1, 0.15) is 12.7 Å². The summed E-state index contributed by atoms with van der Waals surface area (Å²) < 4.78 is 1.56. The van der Waals surface area contributed by atoms with Gasteiger partial charge < -0.3 is 5.32 Å². The van der Waals surface area contributed by atoms with Crippen molar-refractivity contribution in [1.82, 2.24) is 19.7 Å². The molecule has 0 unspecified atom stereocenters. The summed E-state index contributed by atoms with van der Waals surface area (Å²) in [5.74, 6) is 0.569. The quantitative estimate of drug-likeness (QED) is 0.561. The molecule has 6 nitrogen and oxygen atoms in total. The lowest BCUT2D eigenvalue weighted by Crippen LogP contribution is -2.16. The van der Waals surface area contributed by atoms with Crippen LogP contribution in [0.5, 0.6) is 0 Å². The molecule has 1 amide bonds. The highest BCUT2D eigenvalue weighted by Crippen LogP contribution is 2.28. The Kier molecular flexibility index (Phi) is 5.20. The average molecular weight is 369 g/mol. The van der Waals surface area contributed by atoms with Crippen LogP contribution in [0, 0.1) is 0 Å². The summed E-state index contributed by atoms with van der Waals surface area (Å²) in [4.78, 5) is 20.9. The van der Waals surface area contributed by atoms with Gasteiger partial charge in [-0.1, -0.05) is 60.7 Å². The molecule has 0 saturated carbocycles. The van der Waals surface area contributed by atoms with Crippen LogP contribution in [-0.2, 0) is 4.79 Å². The molecule has 2 aromatic carbocycles. The molecular formula is C22H19N5O. The number of hydrogen-bond donors (Lipinski definition) is 1. The third-order valence-corrected chi connectivity index (χ3v) is 4.48. The zero-order valence-electron chi connectivity index (χ0n) is 15.1. The molecule has 0 bridgehead atoms. The fourth-order valence-electron chi connectivity index (χ4n) is 3.12. The van der Waals surface area contributed by atoms with Crippen molar-refractivity contribution in [2.24, 2.45) is 0 Å². The summed E-state index contributed by atoms with van der Waals surface area (Å²) in [6, 6.07) is 23.8. The number of nitrogens with zero attached hydrogens (tertiary/aromatic N) is 4. The summed E-state index contributed by atoms with van der Waals surface area (Å²) >= 11 is 0. The van der Waals surface area contributed by atoms with E-state index in [1.54, 1.807) is 23.3 Å². The van der Waals surface area contributed by atoms with Crippen molar-refractivity contribution in [1.29, 1.82) is 0 Å². The van der Waals surface area contributed by atoms with Gasteiger partial charge in [-0.25, -0.2) is 14.6 Å². The molecule has 6 heteroatoms. The van der Waals surface area contributed by atoms with Gasteiger partial charge in [-0.15, -0.1) is 0 Å². The van der Waals surface area contributed by atoms with Gasteiger partial charge >= 0.3 is 0 Å². The minimum absolute atomic E-state index is 0.00946. The Morgan fingerprint density at radius 3 is 2.14 bits per heavy atom. The lowest BCUT2D eigenvalue weighted by atomic mass is 9.88. The van der Waals surface area contributed by atoms with Crippen LogP contribution in [-0.4, -0.2) is 25.7 Å². The van der Waals surface area contributed by atoms with Crippen molar-refractivity contribution in [2.75, 3.05) is 5.32 Å². The molecule has 0 aliphatic carbocycles. The molecule has 0 fully saturated rings. The van der Waals surface area contributed by atoms with Crippen molar-refractivity contribution in [3.8, 4) is 5.82 Å². The van der Waals surface area contributed by atoms with E-state index >= 15 is 0 Å². The predicted molar refractivity (Wildman–Crippen MR) is 107 cm³/mol. The second-order valence-corrected chi connectivity index (χ2v) is 6.37. The van der Waals surface area contributed by atoms with Gasteiger partial charge in [-0.2, -0.15) is 5.10 Å². The van der Waals surface area contributed by atoms with Crippen LogP contribution >= 0.6 is 0 Å². The van der Waals surface area contributed by atoms with Crippen molar-refractivity contribution in [3.05, 3.63) is 103 Å². The molecule has 0 spiro atoms. The van der Waals surface area contributed by atoms with E-state index in [0.717, 1.165) is 11.1 Å². The number of nitrogens with one attached hydrogen (secondary N) is 1. The van der Waals surface area contributed by atoms with Gasteiger partial charge in [0.25, 0.3) is 0 Å². The smallest absolute Gasteiger partial charge is 0.225 e. The summed E-state index contributed by atoms with van der Waals surface area (Å²) in [7, 11) is 0. The molecule has 2 heterocycles. The molecule has 0 aliphatic heterocycles. The molecule has 0 aliphatic rings. The molecule has 2 aromatic heterocycles. The Morgan fingerprint density at radius 1 is 0.929 bits per heavy atom. The molecule has 0 atom stereocenters. The molecule has 0 saturated heterocycles. The Labute approximate surface area is 162 Å². The first-order chi connectivity index (χ1) is 13.8. The third-order valence-electron chi connectivity index (χ3n) is 4.48. The van der Waals surface area contributed by atoms with E-state index in [0.29, 0.717) is 17.9 Å². The normalized spacial score (nSPS) is 10.8. The van der Waals surface area contributed by atoms with E-state index in [9.17, 15) is 4.79 Å². The molecule has 4 aromatic rings. The number of aromatic nitrogens is 4. The number of hydrogen-bond acceptors (Lipinski definition) is 4. The fourth-order valence-corrected chi connectivity index (χ4v) is 3.12. The zero-order valence-corrected chi connectivity index (χ0v) is 15.1. The average Bonchev–Trinajstić information content (AvgIpc) is 3.29. The molecule has 28 heavy (non-hydrogen) atoms. The number of rotatable bonds is 6. The van der Waals surface area contributed by atoms with Crippen LogP contribution in [0.1, 0.15) is 23.5 Å². The number of amides is 1. The molecule has 1 N–H and O–H groups in total. The zero-order chi connectivity index (χ0) is 19.2. The maximum absolute atomic E-state index is 12.7. The third kappa shape index (κ3) is 4.12. The second-order valence-electron chi connectivity index (χ2n) is 6.37. The van der Waals surface area contributed by atoms with E-state index in [-0.39, 0.29) is 11.8 Å². The Balaban J connectivity index is 1.49. The second kappa shape index (κ2) is 8.26. The van der Waals surface area contributed by atoms with E-state index in [1.165, 1.54) is 6.33 Å². The topological polar surface area (TPSA) is 72.7 Å². The summed E-state index contributed by atoms with van der Waals surface area (Å²) in [5, 5.41) is 6.98. The highest BCUT2D eigenvalue weighted by Gasteiger charge is 2.18. The largest absolute Gasteiger partial charge is 0.325 e. The summed E-state index contributed by atoms with van der Waals surface area (Å²) in [6.45, 7) is 0. The lowest BCUT2D eigenvalue weighted by Gasteiger charge is -2.18. The first-order valence-electron chi connectivity index (χ1n) is 9.00. The van der Waals surface area contributed by atoms with Crippen LogP contribution in [0.15, 0.2) is 91.6 Å². The standard InChI is InChI=1S/C22H19N5O/c28-22(26-19-11-12-21(24-14-19)27-16-23-15-25-27)13-20(17-7-3-1-4-8-17)18-9-5-2-6-10-18/h1-12,14-16,20H,13H2,(H,26,28). The van der Waals surface area contributed by atoms with Crippen LogP contribution in [0.3, 0.4) is 0 Å². The maximum atomic E-state index is 12.7.